The Morgan fingerprint density at radius 1 is 1.25 bits per heavy atom. The van der Waals surface area contributed by atoms with Gasteiger partial charge < -0.3 is 15.8 Å². The third kappa shape index (κ3) is 5.71. The van der Waals surface area contributed by atoms with Gasteiger partial charge in [-0.3, -0.25) is 9.89 Å². The number of nitrogens with zero attached hydrogens (tertiary/aromatic N) is 2. The van der Waals surface area contributed by atoms with E-state index in [1.165, 1.54) is 24.8 Å². The lowest BCUT2D eigenvalue weighted by Crippen LogP contribution is -2.37. The summed E-state index contributed by atoms with van der Waals surface area (Å²) in [6, 6.07) is 8.63. The van der Waals surface area contributed by atoms with Crippen LogP contribution < -0.4 is 15.8 Å². The number of nitrogens with one attached hydrogen (secondary N) is 1. The van der Waals surface area contributed by atoms with Gasteiger partial charge in [0.1, 0.15) is 5.75 Å². The minimum atomic E-state index is 0.280. The molecule has 0 aromatic heterocycles. The molecule has 0 amide bonds. The number of methoxy groups -OCH3 is 1. The Morgan fingerprint density at radius 3 is 2.58 bits per heavy atom. The van der Waals surface area contributed by atoms with Crippen molar-refractivity contribution in [1.29, 1.82) is 0 Å². The van der Waals surface area contributed by atoms with Gasteiger partial charge in [0.05, 0.1) is 19.7 Å². The second-order valence-electron chi connectivity index (χ2n) is 6.39. The molecular formula is C19H32N4O. The largest absolute Gasteiger partial charge is 0.497 e. The van der Waals surface area contributed by atoms with Gasteiger partial charge in [0.2, 0.25) is 0 Å². The molecule has 0 aliphatic carbocycles. The van der Waals surface area contributed by atoms with Crippen LogP contribution >= 0.6 is 0 Å². The van der Waals surface area contributed by atoms with Gasteiger partial charge in [-0.15, -0.1) is 0 Å². The molecule has 1 aliphatic heterocycles. The quantitative estimate of drug-likeness (QED) is 0.436. The van der Waals surface area contributed by atoms with Gasteiger partial charge in [-0.25, -0.2) is 0 Å². The molecule has 0 radical (unpaired) electrons. The molecule has 1 saturated heterocycles. The summed E-state index contributed by atoms with van der Waals surface area (Å²) in [5.74, 6) is 1.44. The topological polar surface area (TPSA) is 62.9 Å². The zero-order valence-electron chi connectivity index (χ0n) is 15.1. The van der Waals surface area contributed by atoms with E-state index in [1.807, 2.05) is 12.1 Å². The Labute approximate surface area is 146 Å². The van der Waals surface area contributed by atoms with Crippen molar-refractivity contribution in [2.45, 2.75) is 45.1 Å². The van der Waals surface area contributed by atoms with Crippen LogP contribution in [0.25, 0.3) is 0 Å². The Kier molecular flexibility index (Phi) is 7.89. The summed E-state index contributed by atoms with van der Waals surface area (Å²) in [4.78, 5) is 7.14. The van der Waals surface area contributed by atoms with Gasteiger partial charge in [0.15, 0.2) is 5.96 Å². The number of unbranched alkanes of at least 4 members (excludes halogenated alkanes) is 1. The minimum absolute atomic E-state index is 0.280. The summed E-state index contributed by atoms with van der Waals surface area (Å²) in [6.07, 6.45) is 6.13. The normalized spacial score (nSPS) is 17.5. The van der Waals surface area contributed by atoms with E-state index in [0.29, 0.717) is 12.5 Å². The summed E-state index contributed by atoms with van der Waals surface area (Å²) in [5, 5.41) is 3.20. The van der Waals surface area contributed by atoms with E-state index in [2.05, 4.69) is 34.3 Å². The molecule has 1 unspecified atom stereocenters. The second-order valence-corrected chi connectivity index (χ2v) is 6.39. The lowest BCUT2D eigenvalue weighted by Gasteiger charge is -2.34. The van der Waals surface area contributed by atoms with Crippen LogP contribution in [0.15, 0.2) is 29.3 Å². The van der Waals surface area contributed by atoms with E-state index in [4.69, 9.17) is 10.5 Å². The van der Waals surface area contributed by atoms with Gasteiger partial charge in [-0.2, -0.15) is 0 Å². The van der Waals surface area contributed by atoms with E-state index in [0.717, 1.165) is 38.2 Å². The molecule has 1 aliphatic rings. The van der Waals surface area contributed by atoms with Crippen LogP contribution in [0.4, 0.5) is 0 Å². The third-order valence-corrected chi connectivity index (χ3v) is 4.60. The van der Waals surface area contributed by atoms with Gasteiger partial charge in [-0.05, 0) is 50.0 Å². The monoisotopic (exact) mass is 332 g/mol. The Bertz CT molecular complexity index is 495. The average molecular weight is 332 g/mol. The number of rotatable bonds is 8. The summed E-state index contributed by atoms with van der Waals surface area (Å²) in [5.41, 5.74) is 7.30. The molecule has 5 heteroatoms. The van der Waals surface area contributed by atoms with E-state index in [9.17, 15) is 0 Å². The molecule has 24 heavy (non-hydrogen) atoms. The van der Waals surface area contributed by atoms with Crippen LogP contribution in [-0.4, -0.2) is 44.1 Å². The van der Waals surface area contributed by atoms with Gasteiger partial charge in [-0.1, -0.05) is 31.9 Å². The van der Waals surface area contributed by atoms with Crippen LogP contribution in [0.3, 0.4) is 0 Å². The molecule has 1 aromatic carbocycles. The molecule has 1 fully saturated rings. The molecule has 1 aromatic rings. The van der Waals surface area contributed by atoms with Crippen molar-refractivity contribution >= 4 is 5.96 Å². The first-order valence-corrected chi connectivity index (χ1v) is 9.16. The van der Waals surface area contributed by atoms with Crippen LogP contribution in [0.1, 0.15) is 50.6 Å². The highest BCUT2D eigenvalue weighted by atomic mass is 16.5. The van der Waals surface area contributed by atoms with Crippen molar-refractivity contribution in [2.75, 3.05) is 33.3 Å². The molecule has 0 spiro atoms. The number of aliphatic imine (C=N–C) groups is 1. The number of likely N-dealkylation sites (tertiary alicyclic amines) is 1. The second kappa shape index (κ2) is 10.2. The highest BCUT2D eigenvalue weighted by molar-refractivity contribution is 5.77. The first-order valence-electron chi connectivity index (χ1n) is 9.16. The van der Waals surface area contributed by atoms with Gasteiger partial charge >= 0.3 is 0 Å². The number of hydrogen-bond acceptors (Lipinski definition) is 3. The fraction of sp³-hybridized carbons (Fsp3) is 0.632. The summed E-state index contributed by atoms with van der Waals surface area (Å²) in [6.45, 7) is 6.02. The third-order valence-electron chi connectivity index (χ3n) is 4.60. The maximum Gasteiger partial charge on any atom is 0.188 e. The van der Waals surface area contributed by atoms with Crippen molar-refractivity contribution < 1.29 is 4.74 Å². The summed E-state index contributed by atoms with van der Waals surface area (Å²) >= 11 is 0. The molecule has 1 heterocycles. The van der Waals surface area contributed by atoms with Crippen molar-refractivity contribution in [1.82, 2.24) is 10.2 Å². The molecule has 0 saturated carbocycles. The highest BCUT2D eigenvalue weighted by Crippen LogP contribution is 2.26. The smallest absolute Gasteiger partial charge is 0.188 e. The number of nitrogens with two attached hydrogens (primary N) is 1. The van der Waals surface area contributed by atoms with Crippen LogP contribution in [0, 0.1) is 0 Å². The van der Waals surface area contributed by atoms with E-state index in [-0.39, 0.29) is 6.04 Å². The standard InChI is InChI=1S/C19H32N4O/c1-3-4-12-21-19(20)22-15-18(23-13-6-5-7-14-23)16-8-10-17(24-2)11-9-16/h8-11,18H,3-7,12-15H2,1-2H3,(H3,20,21,22). The van der Waals surface area contributed by atoms with Crippen LogP contribution in [0.5, 0.6) is 5.75 Å². The van der Waals surface area contributed by atoms with E-state index in [1.54, 1.807) is 7.11 Å². The molecule has 0 bridgehead atoms. The average Bonchev–Trinajstić information content (AvgIpc) is 2.63. The molecule has 2 rings (SSSR count). The molecular weight excluding hydrogens is 300 g/mol. The van der Waals surface area contributed by atoms with Crippen molar-refractivity contribution in [2.24, 2.45) is 10.7 Å². The number of guanidine groups is 1. The Morgan fingerprint density at radius 2 is 1.96 bits per heavy atom. The number of hydrogen-bond donors (Lipinski definition) is 2. The zero-order chi connectivity index (χ0) is 17.2. The van der Waals surface area contributed by atoms with E-state index < -0.39 is 0 Å². The summed E-state index contributed by atoms with van der Waals surface area (Å²) < 4.78 is 5.28. The maximum absolute atomic E-state index is 6.02. The van der Waals surface area contributed by atoms with Crippen LogP contribution in [-0.2, 0) is 0 Å². The number of ether oxygens (including phenoxy) is 1. The van der Waals surface area contributed by atoms with Crippen molar-refractivity contribution in [3.05, 3.63) is 29.8 Å². The lowest BCUT2D eigenvalue weighted by molar-refractivity contribution is 0.168. The minimum Gasteiger partial charge on any atom is -0.497 e. The fourth-order valence-corrected chi connectivity index (χ4v) is 3.12. The molecule has 5 nitrogen and oxygen atoms in total. The molecule has 3 N–H and O–H groups in total. The van der Waals surface area contributed by atoms with Crippen molar-refractivity contribution in [3.8, 4) is 5.75 Å². The SMILES string of the molecule is CCCCNC(N)=NCC(c1ccc(OC)cc1)N1CCCCC1. The maximum atomic E-state index is 6.02. The number of piperidine rings is 1. The first kappa shape index (κ1) is 18.6. The Hall–Kier alpha value is -1.75. The molecule has 1 atom stereocenters. The van der Waals surface area contributed by atoms with E-state index >= 15 is 0 Å². The lowest BCUT2D eigenvalue weighted by atomic mass is 10.0. The van der Waals surface area contributed by atoms with Gasteiger partial charge in [0, 0.05) is 6.54 Å². The predicted octanol–water partition coefficient (Wildman–Crippen LogP) is 2.93. The highest BCUT2D eigenvalue weighted by Gasteiger charge is 2.22. The number of benzene rings is 1. The molecule has 134 valence electrons. The summed E-state index contributed by atoms with van der Waals surface area (Å²) in [7, 11) is 1.70. The predicted molar refractivity (Wildman–Crippen MR) is 101 cm³/mol. The first-order chi connectivity index (χ1) is 11.7. The fourth-order valence-electron chi connectivity index (χ4n) is 3.12. The van der Waals surface area contributed by atoms with Crippen LogP contribution in [0.2, 0.25) is 0 Å². The zero-order valence-corrected chi connectivity index (χ0v) is 15.1. The van der Waals surface area contributed by atoms with Crippen molar-refractivity contribution in [3.63, 3.8) is 0 Å². The van der Waals surface area contributed by atoms with Gasteiger partial charge in [0.25, 0.3) is 0 Å². The Balaban J connectivity index is 2.05.